The number of nitrogen functional groups attached to an aromatic ring is 1. The van der Waals surface area contributed by atoms with Crippen LogP contribution in [0.15, 0.2) is 29.4 Å². The van der Waals surface area contributed by atoms with Crippen molar-refractivity contribution in [1.82, 2.24) is 5.43 Å². The molecule has 0 aliphatic heterocycles. The highest BCUT2D eigenvalue weighted by molar-refractivity contribution is 7.16. The van der Waals surface area contributed by atoms with Crippen LogP contribution >= 0.6 is 22.9 Å². The van der Waals surface area contributed by atoms with Crippen LogP contribution in [0.2, 0.25) is 5.02 Å². The standard InChI is InChI=1S/C13H13ClN4OS/c1-2-10-11(20-13(15)17-10)12(19)18-16-7-8-3-5-9(14)6-4-8/h3-7H,2H2,1H3,(H2,15,17)(H,18,19)/p+1. The summed E-state index contributed by atoms with van der Waals surface area (Å²) in [4.78, 5) is 15.5. The predicted molar refractivity (Wildman–Crippen MR) is 81.2 cm³/mol. The van der Waals surface area contributed by atoms with Gasteiger partial charge in [0.15, 0.2) is 0 Å². The van der Waals surface area contributed by atoms with E-state index in [9.17, 15) is 4.79 Å². The van der Waals surface area contributed by atoms with Crippen molar-refractivity contribution in [2.24, 2.45) is 5.10 Å². The molecule has 0 aliphatic carbocycles. The number of thiazole rings is 1. The number of carbonyl (C=O) groups is 1. The SMILES string of the molecule is CCc1[nH+]c(N)sc1C(=O)NN=Cc1ccc(Cl)cc1. The van der Waals surface area contributed by atoms with E-state index in [-0.39, 0.29) is 5.91 Å². The Labute approximate surface area is 125 Å². The van der Waals surface area contributed by atoms with Crippen LogP contribution in [0.1, 0.15) is 27.9 Å². The molecule has 7 heteroatoms. The lowest BCUT2D eigenvalue weighted by molar-refractivity contribution is -0.366. The van der Waals surface area contributed by atoms with Crippen molar-refractivity contribution in [2.45, 2.75) is 13.3 Å². The molecule has 0 fully saturated rings. The third-order valence-electron chi connectivity index (χ3n) is 2.57. The number of nitrogens with zero attached hydrogens (tertiary/aromatic N) is 1. The third kappa shape index (κ3) is 3.55. The Morgan fingerprint density at radius 2 is 2.20 bits per heavy atom. The van der Waals surface area contributed by atoms with E-state index >= 15 is 0 Å². The number of hydrazone groups is 1. The molecule has 2 aromatic rings. The van der Waals surface area contributed by atoms with Crippen molar-refractivity contribution in [3.63, 3.8) is 0 Å². The smallest absolute Gasteiger partial charge is 0.278 e. The first-order valence-electron chi connectivity index (χ1n) is 5.99. The van der Waals surface area contributed by atoms with Crippen LogP contribution in [-0.4, -0.2) is 12.1 Å². The van der Waals surface area contributed by atoms with Crippen LogP contribution in [0.5, 0.6) is 0 Å². The number of H-pyrrole nitrogens is 1. The van der Waals surface area contributed by atoms with E-state index in [0.29, 0.717) is 21.5 Å². The van der Waals surface area contributed by atoms with Crippen LogP contribution in [0.3, 0.4) is 0 Å². The summed E-state index contributed by atoms with van der Waals surface area (Å²) in [6, 6.07) is 7.14. The monoisotopic (exact) mass is 309 g/mol. The number of nitrogens with one attached hydrogen (secondary N) is 2. The number of amides is 1. The number of aromatic amines is 1. The number of aryl methyl sites for hydroxylation is 1. The molecule has 0 saturated heterocycles. The first-order valence-corrected chi connectivity index (χ1v) is 7.19. The molecule has 4 N–H and O–H groups in total. The zero-order valence-electron chi connectivity index (χ0n) is 10.8. The third-order valence-corrected chi connectivity index (χ3v) is 3.78. The van der Waals surface area contributed by atoms with Crippen molar-refractivity contribution in [3.05, 3.63) is 45.4 Å². The highest BCUT2D eigenvalue weighted by Crippen LogP contribution is 2.16. The van der Waals surface area contributed by atoms with Gasteiger partial charge < -0.3 is 0 Å². The van der Waals surface area contributed by atoms with E-state index in [1.165, 1.54) is 11.3 Å². The average molecular weight is 310 g/mol. The zero-order chi connectivity index (χ0) is 14.5. The van der Waals surface area contributed by atoms with Gasteiger partial charge >= 0.3 is 5.13 Å². The number of hydrogen-bond acceptors (Lipinski definition) is 4. The van der Waals surface area contributed by atoms with E-state index in [0.717, 1.165) is 11.3 Å². The molecule has 2 rings (SSSR count). The molecule has 0 unspecified atom stereocenters. The van der Waals surface area contributed by atoms with E-state index in [2.05, 4.69) is 15.5 Å². The van der Waals surface area contributed by atoms with Gasteiger partial charge in [-0.05, 0) is 29.0 Å². The minimum Gasteiger partial charge on any atom is -0.278 e. The van der Waals surface area contributed by atoms with Gasteiger partial charge in [0.25, 0.3) is 5.91 Å². The highest BCUT2D eigenvalue weighted by atomic mass is 35.5. The summed E-state index contributed by atoms with van der Waals surface area (Å²) in [6.45, 7) is 1.95. The fraction of sp³-hybridized carbons (Fsp3) is 0.154. The van der Waals surface area contributed by atoms with Crippen molar-refractivity contribution in [1.29, 1.82) is 0 Å². The number of aromatic nitrogens is 1. The number of nitrogens with two attached hydrogens (primary N) is 1. The Balaban J connectivity index is 2.03. The fourth-order valence-corrected chi connectivity index (χ4v) is 2.58. The largest absolute Gasteiger partial charge is 0.330 e. The number of halogens is 1. The van der Waals surface area contributed by atoms with Gasteiger partial charge in [-0.25, -0.2) is 10.4 Å². The summed E-state index contributed by atoms with van der Waals surface area (Å²) in [5, 5.41) is 5.08. The zero-order valence-corrected chi connectivity index (χ0v) is 12.4. The maximum absolute atomic E-state index is 12.0. The molecule has 1 amide bonds. The minimum absolute atomic E-state index is 0.273. The van der Waals surface area contributed by atoms with E-state index in [1.54, 1.807) is 18.3 Å². The quantitative estimate of drug-likeness (QED) is 0.670. The average Bonchev–Trinajstić information content (AvgIpc) is 2.82. The van der Waals surface area contributed by atoms with Crippen LogP contribution < -0.4 is 16.1 Å². The van der Waals surface area contributed by atoms with Crippen LogP contribution in [0.4, 0.5) is 5.13 Å². The molecule has 0 bridgehead atoms. The molecule has 1 aromatic heterocycles. The molecule has 1 aromatic carbocycles. The fourth-order valence-electron chi connectivity index (χ4n) is 1.60. The first kappa shape index (κ1) is 14.5. The Hall–Kier alpha value is -1.92. The predicted octanol–water partition coefficient (Wildman–Crippen LogP) is 2.12. The number of hydrogen-bond donors (Lipinski definition) is 2. The topological polar surface area (TPSA) is 81.6 Å². The van der Waals surface area contributed by atoms with Gasteiger partial charge in [0, 0.05) is 11.4 Å². The summed E-state index contributed by atoms with van der Waals surface area (Å²) in [5.41, 5.74) is 9.80. The van der Waals surface area contributed by atoms with E-state index in [1.807, 2.05) is 19.1 Å². The summed E-state index contributed by atoms with van der Waals surface area (Å²) in [7, 11) is 0. The van der Waals surface area contributed by atoms with Crippen LogP contribution in [0, 0.1) is 0 Å². The molecule has 0 saturated carbocycles. The van der Waals surface area contributed by atoms with Gasteiger partial charge in [0.05, 0.1) is 6.21 Å². The van der Waals surface area contributed by atoms with Crippen molar-refractivity contribution < 1.29 is 9.78 Å². The molecule has 0 radical (unpaired) electrons. The number of rotatable bonds is 4. The number of benzene rings is 1. The molecule has 0 spiro atoms. The Bertz CT molecular complexity index is 636. The lowest BCUT2D eigenvalue weighted by Crippen LogP contribution is -2.20. The maximum Gasteiger partial charge on any atom is 0.330 e. The normalized spacial score (nSPS) is 10.9. The Morgan fingerprint density at radius 1 is 1.50 bits per heavy atom. The van der Waals surface area contributed by atoms with Crippen molar-refractivity contribution in [2.75, 3.05) is 5.73 Å². The van der Waals surface area contributed by atoms with E-state index < -0.39 is 0 Å². The van der Waals surface area contributed by atoms with Crippen molar-refractivity contribution >= 4 is 40.2 Å². The van der Waals surface area contributed by atoms with Gasteiger partial charge in [-0.3, -0.25) is 10.5 Å². The second kappa shape index (κ2) is 6.49. The van der Waals surface area contributed by atoms with Gasteiger partial charge in [0.2, 0.25) is 0 Å². The van der Waals surface area contributed by atoms with E-state index in [4.69, 9.17) is 17.3 Å². The van der Waals surface area contributed by atoms with Crippen molar-refractivity contribution in [3.8, 4) is 0 Å². The second-order valence-corrected chi connectivity index (χ2v) is 5.49. The summed E-state index contributed by atoms with van der Waals surface area (Å²) in [6.07, 6.45) is 2.26. The Morgan fingerprint density at radius 3 is 2.85 bits per heavy atom. The summed E-state index contributed by atoms with van der Waals surface area (Å²) < 4.78 is 0. The first-order chi connectivity index (χ1) is 9.60. The molecule has 104 valence electrons. The summed E-state index contributed by atoms with van der Waals surface area (Å²) >= 11 is 7.00. The highest BCUT2D eigenvalue weighted by Gasteiger charge is 2.18. The number of anilines is 1. The summed E-state index contributed by atoms with van der Waals surface area (Å²) in [5.74, 6) is -0.273. The van der Waals surface area contributed by atoms with Gasteiger partial charge in [-0.2, -0.15) is 5.10 Å². The van der Waals surface area contributed by atoms with Gasteiger partial charge in [-0.1, -0.05) is 30.7 Å². The molecule has 0 atom stereocenters. The number of carbonyl (C=O) groups excluding carboxylic acids is 1. The maximum atomic E-state index is 12.0. The second-order valence-electron chi connectivity index (χ2n) is 4.00. The lowest BCUT2D eigenvalue weighted by Gasteiger charge is -1.97. The Kier molecular flexibility index (Phi) is 4.70. The molecular weight excluding hydrogens is 296 g/mol. The molecule has 20 heavy (non-hydrogen) atoms. The van der Waals surface area contributed by atoms with Crippen LogP contribution in [-0.2, 0) is 6.42 Å². The lowest BCUT2D eigenvalue weighted by atomic mass is 10.2. The molecular formula is C13H14ClN4OS+. The molecule has 0 aliphatic rings. The van der Waals surface area contributed by atoms with Gasteiger partial charge in [-0.15, -0.1) is 0 Å². The molecule has 5 nitrogen and oxygen atoms in total. The minimum atomic E-state index is -0.273. The van der Waals surface area contributed by atoms with Gasteiger partial charge in [0.1, 0.15) is 10.6 Å². The van der Waals surface area contributed by atoms with Crippen LogP contribution in [0.25, 0.3) is 0 Å². The molecule has 1 heterocycles.